The molecule has 0 fully saturated rings. The van der Waals surface area contributed by atoms with E-state index in [-0.39, 0.29) is 11.6 Å². The minimum atomic E-state index is -0.249. The van der Waals surface area contributed by atoms with Crippen LogP contribution in [-0.2, 0) is 12.8 Å². The number of halogens is 2. The molecular formula is C26H24F2. The van der Waals surface area contributed by atoms with Crippen molar-refractivity contribution in [2.24, 2.45) is 0 Å². The minimum absolute atomic E-state index is 0.235. The molecule has 28 heavy (non-hydrogen) atoms. The fourth-order valence-corrected chi connectivity index (χ4v) is 3.19. The SMILES string of the molecule is CCCCc1cc(F)c(C#Cc2ccc(-c3ccc(F)cc3)cc2)c(CC)c1. The van der Waals surface area contributed by atoms with Gasteiger partial charge in [0, 0.05) is 5.56 Å². The van der Waals surface area contributed by atoms with Crippen LogP contribution in [0.1, 0.15) is 48.9 Å². The molecule has 142 valence electrons. The molecule has 0 radical (unpaired) electrons. The van der Waals surface area contributed by atoms with Gasteiger partial charge in [-0.2, -0.15) is 0 Å². The van der Waals surface area contributed by atoms with Crippen molar-refractivity contribution < 1.29 is 8.78 Å². The van der Waals surface area contributed by atoms with E-state index in [1.54, 1.807) is 18.2 Å². The van der Waals surface area contributed by atoms with E-state index in [0.717, 1.165) is 53.5 Å². The molecule has 3 aromatic rings. The Balaban J connectivity index is 1.84. The van der Waals surface area contributed by atoms with Crippen LogP contribution in [-0.4, -0.2) is 0 Å². The summed E-state index contributed by atoms with van der Waals surface area (Å²) in [6.07, 6.45) is 3.82. The molecule has 0 spiro atoms. The second kappa shape index (κ2) is 9.33. The molecule has 0 N–H and O–H groups in total. The Morgan fingerprint density at radius 3 is 2.04 bits per heavy atom. The number of hydrogen-bond acceptors (Lipinski definition) is 0. The van der Waals surface area contributed by atoms with Crippen molar-refractivity contribution in [3.05, 3.63) is 94.6 Å². The fraction of sp³-hybridized carbons (Fsp3) is 0.231. The molecule has 0 aliphatic rings. The molecular weight excluding hydrogens is 350 g/mol. The zero-order chi connectivity index (χ0) is 19.9. The summed E-state index contributed by atoms with van der Waals surface area (Å²) in [5, 5.41) is 0. The molecule has 3 rings (SSSR count). The van der Waals surface area contributed by atoms with Crippen LogP contribution in [0.25, 0.3) is 11.1 Å². The summed E-state index contributed by atoms with van der Waals surface area (Å²) in [5.74, 6) is 5.62. The topological polar surface area (TPSA) is 0 Å². The molecule has 0 saturated heterocycles. The summed E-state index contributed by atoms with van der Waals surface area (Å²) < 4.78 is 27.7. The second-order valence-corrected chi connectivity index (χ2v) is 6.90. The lowest BCUT2D eigenvalue weighted by atomic mass is 9.98. The van der Waals surface area contributed by atoms with Gasteiger partial charge in [-0.15, -0.1) is 0 Å². The third-order valence-corrected chi connectivity index (χ3v) is 4.83. The van der Waals surface area contributed by atoms with Crippen LogP contribution in [0.5, 0.6) is 0 Å². The lowest BCUT2D eigenvalue weighted by molar-refractivity contribution is 0.618. The first kappa shape index (κ1) is 19.8. The Hall–Kier alpha value is -2.92. The summed E-state index contributed by atoms with van der Waals surface area (Å²) in [4.78, 5) is 0. The highest BCUT2D eigenvalue weighted by atomic mass is 19.1. The maximum atomic E-state index is 14.6. The van der Waals surface area contributed by atoms with Crippen molar-refractivity contribution >= 4 is 0 Å². The maximum Gasteiger partial charge on any atom is 0.139 e. The van der Waals surface area contributed by atoms with Crippen LogP contribution in [0.2, 0.25) is 0 Å². The highest BCUT2D eigenvalue weighted by Gasteiger charge is 2.08. The standard InChI is InChI=1S/C26H24F2/c1-3-5-6-20-17-21(4-2)25(26(28)18-20)16-9-19-7-10-22(11-8-19)23-12-14-24(27)15-13-23/h7-8,10-15,17-18H,3-6H2,1-2H3. The van der Waals surface area contributed by atoms with Gasteiger partial charge >= 0.3 is 0 Å². The highest BCUT2D eigenvalue weighted by Crippen LogP contribution is 2.21. The van der Waals surface area contributed by atoms with Crippen LogP contribution in [0.3, 0.4) is 0 Å². The number of hydrogen-bond donors (Lipinski definition) is 0. The van der Waals surface area contributed by atoms with Gasteiger partial charge in [0.15, 0.2) is 0 Å². The molecule has 0 aromatic heterocycles. The van der Waals surface area contributed by atoms with E-state index in [9.17, 15) is 8.78 Å². The Morgan fingerprint density at radius 1 is 0.786 bits per heavy atom. The molecule has 0 atom stereocenters. The number of unbranched alkanes of at least 4 members (excludes halogenated alkanes) is 1. The van der Waals surface area contributed by atoms with Crippen molar-refractivity contribution in [2.75, 3.05) is 0 Å². The van der Waals surface area contributed by atoms with Crippen LogP contribution >= 0.6 is 0 Å². The average Bonchev–Trinajstić information content (AvgIpc) is 2.72. The third kappa shape index (κ3) is 4.87. The van der Waals surface area contributed by atoms with Crippen molar-refractivity contribution in [3.63, 3.8) is 0 Å². The zero-order valence-corrected chi connectivity index (χ0v) is 16.4. The predicted octanol–water partition coefficient (Wildman–Crippen LogP) is 6.94. The van der Waals surface area contributed by atoms with Gasteiger partial charge in [-0.3, -0.25) is 0 Å². The van der Waals surface area contributed by atoms with Crippen molar-refractivity contribution in [1.82, 2.24) is 0 Å². The molecule has 2 heteroatoms. The lowest BCUT2D eigenvalue weighted by Gasteiger charge is -2.08. The van der Waals surface area contributed by atoms with E-state index in [4.69, 9.17) is 0 Å². The van der Waals surface area contributed by atoms with Crippen LogP contribution < -0.4 is 0 Å². The van der Waals surface area contributed by atoms with E-state index < -0.39 is 0 Å². The maximum absolute atomic E-state index is 14.6. The molecule has 0 saturated carbocycles. The Kier molecular flexibility index (Phi) is 6.61. The third-order valence-electron chi connectivity index (χ3n) is 4.83. The molecule has 3 aromatic carbocycles. The van der Waals surface area contributed by atoms with E-state index >= 15 is 0 Å². The predicted molar refractivity (Wildman–Crippen MR) is 112 cm³/mol. The van der Waals surface area contributed by atoms with Gasteiger partial charge in [-0.25, -0.2) is 8.78 Å². The van der Waals surface area contributed by atoms with Gasteiger partial charge in [0.1, 0.15) is 11.6 Å². The minimum Gasteiger partial charge on any atom is -0.207 e. The molecule has 0 aliphatic carbocycles. The quantitative estimate of drug-likeness (QED) is 0.425. The van der Waals surface area contributed by atoms with Crippen LogP contribution in [0.15, 0.2) is 60.7 Å². The smallest absolute Gasteiger partial charge is 0.139 e. The molecule has 0 aliphatic heterocycles. The second-order valence-electron chi connectivity index (χ2n) is 6.90. The molecule has 0 heterocycles. The molecule has 0 nitrogen and oxygen atoms in total. The molecule has 0 amide bonds. The van der Waals surface area contributed by atoms with E-state index in [0.29, 0.717) is 5.56 Å². The lowest BCUT2D eigenvalue weighted by Crippen LogP contribution is -1.97. The molecule has 0 unspecified atom stereocenters. The van der Waals surface area contributed by atoms with E-state index in [1.807, 2.05) is 31.2 Å². The van der Waals surface area contributed by atoms with Gasteiger partial charge in [0.25, 0.3) is 0 Å². The fourth-order valence-electron chi connectivity index (χ4n) is 3.19. The Bertz CT molecular complexity index is 988. The zero-order valence-electron chi connectivity index (χ0n) is 16.4. The van der Waals surface area contributed by atoms with E-state index in [2.05, 4.69) is 24.8 Å². The summed E-state index contributed by atoms with van der Waals surface area (Å²) >= 11 is 0. The van der Waals surface area contributed by atoms with Gasteiger partial charge in [0.2, 0.25) is 0 Å². The van der Waals surface area contributed by atoms with Crippen molar-refractivity contribution in [3.8, 4) is 23.0 Å². The van der Waals surface area contributed by atoms with Crippen molar-refractivity contribution in [2.45, 2.75) is 39.5 Å². The first-order valence-corrected chi connectivity index (χ1v) is 9.80. The number of benzene rings is 3. The van der Waals surface area contributed by atoms with Gasteiger partial charge in [-0.05, 0) is 71.8 Å². The first-order chi connectivity index (χ1) is 13.6. The van der Waals surface area contributed by atoms with Gasteiger partial charge in [0.05, 0.1) is 5.56 Å². The number of rotatable bonds is 5. The Morgan fingerprint density at radius 2 is 1.43 bits per heavy atom. The number of aryl methyl sites for hydroxylation is 2. The van der Waals surface area contributed by atoms with Gasteiger partial charge in [-0.1, -0.05) is 62.4 Å². The van der Waals surface area contributed by atoms with E-state index in [1.165, 1.54) is 12.1 Å². The highest BCUT2D eigenvalue weighted by molar-refractivity contribution is 5.64. The van der Waals surface area contributed by atoms with Crippen molar-refractivity contribution in [1.29, 1.82) is 0 Å². The monoisotopic (exact) mass is 374 g/mol. The summed E-state index contributed by atoms with van der Waals surface area (Å²) in [5.41, 5.74) is 5.26. The summed E-state index contributed by atoms with van der Waals surface area (Å²) in [6.45, 7) is 4.17. The first-order valence-electron chi connectivity index (χ1n) is 9.80. The Labute approximate surface area is 166 Å². The summed E-state index contributed by atoms with van der Waals surface area (Å²) in [7, 11) is 0. The average molecular weight is 374 g/mol. The largest absolute Gasteiger partial charge is 0.207 e. The summed E-state index contributed by atoms with van der Waals surface area (Å²) in [6, 6.07) is 17.8. The van der Waals surface area contributed by atoms with Crippen LogP contribution in [0.4, 0.5) is 8.78 Å². The normalized spacial score (nSPS) is 10.4. The van der Waals surface area contributed by atoms with Crippen LogP contribution in [0, 0.1) is 23.5 Å². The molecule has 0 bridgehead atoms. The van der Waals surface area contributed by atoms with Gasteiger partial charge < -0.3 is 0 Å².